The summed E-state index contributed by atoms with van der Waals surface area (Å²) >= 11 is 1.52. The van der Waals surface area contributed by atoms with E-state index in [0.29, 0.717) is 23.7 Å². The number of carbonyl (C=O) groups is 1. The van der Waals surface area contributed by atoms with Gasteiger partial charge in [0.25, 0.3) is 5.91 Å². The van der Waals surface area contributed by atoms with Crippen molar-refractivity contribution in [2.75, 3.05) is 0 Å². The molecule has 2 N–H and O–H groups in total. The third-order valence-corrected chi connectivity index (χ3v) is 4.93. The van der Waals surface area contributed by atoms with Gasteiger partial charge in [-0.05, 0) is 31.5 Å². The lowest BCUT2D eigenvalue weighted by Gasteiger charge is -2.12. The fourth-order valence-electron chi connectivity index (χ4n) is 2.43. The first kappa shape index (κ1) is 19.0. The van der Waals surface area contributed by atoms with E-state index in [4.69, 9.17) is 4.74 Å². The maximum atomic E-state index is 12.6. The third-order valence-electron chi connectivity index (χ3n) is 4.30. The number of benzene rings is 1. The molecule has 0 bridgehead atoms. The van der Waals surface area contributed by atoms with Crippen molar-refractivity contribution < 1.29 is 9.53 Å². The van der Waals surface area contributed by atoms with E-state index in [1.165, 1.54) is 11.3 Å². The van der Waals surface area contributed by atoms with Crippen molar-refractivity contribution in [3.05, 3.63) is 58.1 Å². The molecule has 0 unspecified atom stereocenters. The molecule has 0 radical (unpaired) electrons. The van der Waals surface area contributed by atoms with Crippen molar-refractivity contribution in [1.29, 1.82) is 0 Å². The van der Waals surface area contributed by atoms with E-state index in [1.807, 2.05) is 18.4 Å². The van der Waals surface area contributed by atoms with Crippen LogP contribution in [0.4, 0.5) is 0 Å². The Kier molecular flexibility index (Phi) is 6.18. The van der Waals surface area contributed by atoms with Crippen molar-refractivity contribution >= 4 is 17.2 Å². The van der Waals surface area contributed by atoms with E-state index in [0.717, 1.165) is 17.9 Å². The lowest BCUT2D eigenvalue weighted by molar-refractivity contribution is 0.0938. The minimum Gasteiger partial charge on any atom is -0.487 e. The molecule has 8 heteroatoms. The van der Waals surface area contributed by atoms with Gasteiger partial charge in [0.2, 0.25) is 0 Å². The van der Waals surface area contributed by atoms with E-state index in [2.05, 4.69) is 39.3 Å². The zero-order chi connectivity index (χ0) is 19.2. The highest BCUT2D eigenvalue weighted by molar-refractivity contribution is 7.07. The van der Waals surface area contributed by atoms with E-state index < -0.39 is 0 Å². The van der Waals surface area contributed by atoms with Crippen LogP contribution in [0, 0.1) is 0 Å². The summed E-state index contributed by atoms with van der Waals surface area (Å²) in [5, 5.41) is 12.0. The largest absolute Gasteiger partial charge is 0.487 e. The number of rotatable bonds is 8. The number of H-pyrrole nitrogens is 1. The van der Waals surface area contributed by atoms with Gasteiger partial charge < -0.3 is 10.1 Å². The maximum Gasteiger partial charge on any atom is 0.251 e. The first-order valence-electron chi connectivity index (χ1n) is 8.89. The van der Waals surface area contributed by atoms with Crippen molar-refractivity contribution in [3.8, 4) is 5.75 Å². The molecule has 0 aliphatic carbocycles. The Morgan fingerprint density at radius 3 is 2.96 bits per heavy atom. The molecule has 0 fully saturated rings. The summed E-state index contributed by atoms with van der Waals surface area (Å²) in [5.41, 5.74) is 3.16. The summed E-state index contributed by atoms with van der Waals surface area (Å²) in [4.78, 5) is 21.2. The van der Waals surface area contributed by atoms with E-state index >= 15 is 0 Å². The van der Waals surface area contributed by atoms with Crippen LogP contribution >= 0.6 is 11.3 Å². The Morgan fingerprint density at radius 2 is 2.22 bits per heavy atom. The number of hydrogen-bond donors (Lipinski definition) is 2. The second-order valence-corrected chi connectivity index (χ2v) is 7.10. The molecular weight excluding hydrogens is 362 g/mol. The smallest absolute Gasteiger partial charge is 0.251 e. The average Bonchev–Trinajstić information content (AvgIpc) is 3.38. The van der Waals surface area contributed by atoms with Crippen LogP contribution in [0.1, 0.15) is 66.9 Å². The molecule has 1 amide bonds. The van der Waals surface area contributed by atoms with Crippen LogP contribution in [0.25, 0.3) is 0 Å². The molecule has 0 saturated heterocycles. The van der Waals surface area contributed by atoms with Crippen LogP contribution in [0.15, 0.2) is 35.2 Å². The van der Waals surface area contributed by atoms with E-state index in [9.17, 15) is 4.79 Å². The molecule has 1 aromatic carbocycles. The second kappa shape index (κ2) is 8.77. The van der Waals surface area contributed by atoms with E-state index in [-0.39, 0.29) is 17.9 Å². The van der Waals surface area contributed by atoms with Gasteiger partial charge in [0, 0.05) is 16.9 Å². The molecule has 2 aromatic heterocycles. The number of amides is 1. The van der Waals surface area contributed by atoms with Gasteiger partial charge in [-0.25, -0.2) is 9.97 Å². The molecule has 142 valence electrons. The minimum absolute atomic E-state index is 0.192. The molecule has 0 saturated carbocycles. The van der Waals surface area contributed by atoms with Crippen molar-refractivity contribution in [2.24, 2.45) is 0 Å². The maximum absolute atomic E-state index is 12.6. The van der Waals surface area contributed by atoms with Crippen molar-refractivity contribution in [1.82, 2.24) is 25.5 Å². The molecule has 0 aliphatic rings. The topological polar surface area (TPSA) is 92.8 Å². The predicted molar refractivity (Wildman–Crippen MR) is 104 cm³/mol. The van der Waals surface area contributed by atoms with Gasteiger partial charge >= 0.3 is 0 Å². The summed E-state index contributed by atoms with van der Waals surface area (Å²) in [7, 11) is 0. The number of nitrogens with one attached hydrogen (secondary N) is 2. The van der Waals surface area contributed by atoms with Crippen LogP contribution in [0.3, 0.4) is 0 Å². The zero-order valence-electron chi connectivity index (χ0n) is 15.6. The van der Waals surface area contributed by atoms with Crippen LogP contribution in [-0.2, 0) is 6.61 Å². The number of hydrogen-bond acceptors (Lipinski definition) is 6. The van der Waals surface area contributed by atoms with E-state index in [1.54, 1.807) is 23.7 Å². The SMILES string of the molecule is CC[C@H](C)c1n[nH]c([C@@H](C)NC(=O)c2cccc(OCc3cscn3)c2)n1. The molecule has 27 heavy (non-hydrogen) atoms. The summed E-state index contributed by atoms with van der Waals surface area (Å²) in [5.74, 6) is 2.13. The predicted octanol–water partition coefficient (Wildman–Crippen LogP) is 3.84. The number of ether oxygens (including phenoxy) is 1. The number of aromatic nitrogens is 4. The Balaban J connectivity index is 1.61. The van der Waals surface area contributed by atoms with Crippen LogP contribution in [-0.4, -0.2) is 26.1 Å². The Bertz CT molecular complexity index is 878. The van der Waals surface area contributed by atoms with Crippen molar-refractivity contribution in [2.45, 2.75) is 45.8 Å². The quantitative estimate of drug-likeness (QED) is 0.614. The van der Waals surface area contributed by atoms with Crippen LogP contribution in [0.5, 0.6) is 5.75 Å². The number of aromatic amines is 1. The van der Waals surface area contributed by atoms with Gasteiger partial charge in [-0.1, -0.05) is 19.9 Å². The summed E-state index contributed by atoms with van der Waals surface area (Å²) in [6, 6.07) is 6.82. The third kappa shape index (κ3) is 4.91. The average molecular weight is 385 g/mol. The van der Waals surface area contributed by atoms with Gasteiger partial charge in [-0.3, -0.25) is 9.89 Å². The van der Waals surface area contributed by atoms with Crippen molar-refractivity contribution in [3.63, 3.8) is 0 Å². The fraction of sp³-hybridized carbons (Fsp3) is 0.368. The molecule has 2 heterocycles. The Morgan fingerprint density at radius 1 is 1.37 bits per heavy atom. The molecule has 2 atom stereocenters. The molecular formula is C19H23N5O2S. The van der Waals surface area contributed by atoms with Gasteiger partial charge in [0.15, 0.2) is 5.82 Å². The lowest BCUT2D eigenvalue weighted by atomic mass is 10.1. The minimum atomic E-state index is -0.276. The number of thiazole rings is 1. The first-order chi connectivity index (χ1) is 13.1. The molecule has 3 rings (SSSR count). The van der Waals surface area contributed by atoms with Gasteiger partial charge in [0.1, 0.15) is 18.2 Å². The Labute approximate surface area is 162 Å². The number of carbonyl (C=O) groups excluding carboxylic acids is 1. The highest BCUT2D eigenvalue weighted by Crippen LogP contribution is 2.18. The monoisotopic (exact) mass is 385 g/mol. The molecule has 0 aliphatic heterocycles. The molecule has 0 spiro atoms. The molecule has 3 aromatic rings. The van der Waals surface area contributed by atoms with Crippen LogP contribution < -0.4 is 10.1 Å². The standard InChI is InChI=1S/C19H23N5O2S/c1-4-12(2)17-22-18(24-23-17)13(3)21-19(25)14-6-5-7-16(8-14)26-9-15-10-27-11-20-15/h5-8,10-13H,4,9H2,1-3H3,(H,21,25)(H,22,23,24)/t12-,13+/m0/s1. The summed E-state index contributed by atoms with van der Waals surface area (Å²) < 4.78 is 5.71. The lowest BCUT2D eigenvalue weighted by Crippen LogP contribution is -2.27. The Hall–Kier alpha value is -2.74. The van der Waals surface area contributed by atoms with Crippen LogP contribution in [0.2, 0.25) is 0 Å². The normalized spacial score (nSPS) is 13.1. The number of nitrogens with zero attached hydrogens (tertiary/aromatic N) is 3. The summed E-state index contributed by atoms with van der Waals surface area (Å²) in [6.45, 7) is 6.42. The highest BCUT2D eigenvalue weighted by atomic mass is 32.1. The van der Waals surface area contributed by atoms with Gasteiger partial charge in [-0.2, -0.15) is 5.10 Å². The first-order valence-corrected chi connectivity index (χ1v) is 9.84. The summed E-state index contributed by atoms with van der Waals surface area (Å²) in [6.07, 6.45) is 0.964. The molecule has 7 nitrogen and oxygen atoms in total. The fourth-order valence-corrected chi connectivity index (χ4v) is 2.97. The van der Waals surface area contributed by atoms with Gasteiger partial charge in [0.05, 0.1) is 17.2 Å². The highest BCUT2D eigenvalue weighted by Gasteiger charge is 2.17. The zero-order valence-corrected chi connectivity index (χ0v) is 16.4. The van der Waals surface area contributed by atoms with Gasteiger partial charge in [-0.15, -0.1) is 11.3 Å². The second-order valence-electron chi connectivity index (χ2n) is 6.38.